The molecular weight excluding hydrogens is 218 g/mol. The number of hydrogen-bond donors (Lipinski definition) is 2. The Morgan fingerprint density at radius 2 is 2.06 bits per heavy atom. The normalized spacial score (nSPS) is 10.5. The standard InChI is InChI=1S/C12H19N3O2/c1-3-9(4-2)8-14-11-7-5-6-10(13)12(11)15(16)17/h5-7,9,14H,3-4,8,13H2,1-2H3. The third kappa shape index (κ3) is 3.34. The number of benzene rings is 1. The van der Waals surface area contributed by atoms with E-state index in [0.29, 0.717) is 11.6 Å². The van der Waals surface area contributed by atoms with Crippen LogP contribution in [0.4, 0.5) is 17.1 Å². The summed E-state index contributed by atoms with van der Waals surface area (Å²) in [6.07, 6.45) is 2.11. The van der Waals surface area contributed by atoms with Gasteiger partial charge in [-0.15, -0.1) is 0 Å². The van der Waals surface area contributed by atoms with Crippen molar-refractivity contribution in [2.45, 2.75) is 26.7 Å². The second-order valence-corrected chi connectivity index (χ2v) is 4.06. The first-order valence-electron chi connectivity index (χ1n) is 5.86. The zero-order chi connectivity index (χ0) is 12.8. The number of nitrogens with one attached hydrogen (secondary N) is 1. The number of para-hydroxylation sites is 1. The summed E-state index contributed by atoms with van der Waals surface area (Å²) in [7, 11) is 0. The third-order valence-electron chi connectivity index (χ3n) is 2.99. The fourth-order valence-electron chi connectivity index (χ4n) is 1.74. The van der Waals surface area contributed by atoms with Gasteiger partial charge in [0.1, 0.15) is 11.4 Å². The van der Waals surface area contributed by atoms with Gasteiger partial charge in [-0.3, -0.25) is 10.1 Å². The minimum Gasteiger partial charge on any atom is -0.393 e. The van der Waals surface area contributed by atoms with Crippen LogP contribution in [-0.2, 0) is 0 Å². The van der Waals surface area contributed by atoms with E-state index in [0.717, 1.165) is 19.4 Å². The molecule has 0 aliphatic heterocycles. The lowest BCUT2D eigenvalue weighted by Crippen LogP contribution is -2.14. The maximum absolute atomic E-state index is 10.9. The molecule has 1 aromatic rings. The third-order valence-corrected chi connectivity index (χ3v) is 2.99. The molecule has 5 nitrogen and oxygen atoms in total. The number of nitro groups is 1. The van der Waals surface area contributed by atoms with E-state index in [1.807, 2.05) is 0 Å². The molecule has 1 rings (SSSR count). The van der Waals surface area contributed by atoms with Crippen LogP contribution in [0, 0.1) is 16.0 Å². The van der Waals surface area contributed by atoms with Crippen LogP contribution in [0.5, 0.6) is 0 Å². The van der Waals surface area contributed by atoms with Crippen LogP contribution in [-0.4, -0.2) is 11.5 Å². The Morgan fingerprint density at radius 1 is 1.41 bits per heavy atom. The summed E-state index contributed by atoms with van der Waals surface area (Å²) < 4.78 is 0. The molecule has 0 atom stereocenters. The van der Waals surface area contributed by atoms with Gasteiger partial charge in [-0.2, -0.15) is 0 Å². The zero-order valence-corrected chi connectivity index (χ0v) is 10.3. The Balaban J connectivity index is 2.84. The maximum atomic E-state index is 10.9. The van der Waals surface area contributed by atoms with E-state index in [1.165, 1.54) is 0 Å². The minimum atomic E-state index is -0.440. The number of nitrogens with zero attached hydrogens (tertiary/aromatic N) is 1. The van der Waals surface area contributed by atoms with E-state index in [4.69, 9.17) is 5.73 Å². The minimum absolute atomic E-state index is 0.0292. The molecule has 5 heteroatoms. The van der Waals surface area contributed by atoms with Crippen molar-refractivity contribution in [2.24, 2.45) is 5.92 Å². The van der Waals surface area contributed by atoms with Crippen molar-refractivity contribution in [2.75, 3.05) is 17.6 Å². The second kappa shape index (κ2) is 6.08. The summed E-state index contributed by atoms with van der Waals surface area (Å²) in [5.41, 5.74) is 6.28. The van der Waals surface area contributed by atoms with Crippen LogP contribution >= 0.6 is 0 Å². The molecule has 0 amide bonds. The topological polar surface area (TPSA) is 81.2 Å². The summed E-state index contributed by atoms with van der Waals surface area (Å²) >= 11 is 0. The summed E-state index contributed by atoms with van der Waals surface area (Å²) in [4.78, 5) is 10.5. The monoisotopic (exact) mass is 237 g/mol. The quantitative estimate of drug-likeness (QED) is 0.452. The number of nitrogen functional groups attached to an aromatic ring is 1. The highest BCUT2D eigenvalue weighted by molar-refractivity contribution is 5.74. The van der Waals surface area contributed by atoms with Crippen molar-refractivity contribution in [1.82, 2.24) is 0 Å². The SMILES string of the molecule is CCC(CC)CNc1cccc(N)c1[N+](=O)[O-]. The molecule has 1 aromatic carbocycles. The largest absolute Gasteiger partial charge is 0.393 e. The van der Waals surface area contributed by atoms with Gasteiger partial charge >= 0.3 is 5.69 Å². The van der Waals surface area contributed by atoms with Crippen LogP contribution < -0.4 is 11.1 Å². The Kier molecular flexibility index (Phi) is 4.75. The van der Waals surface area contributed by atoms with E-state index in [9.17, 15) is 10.1 Å². The van der Waals surface area contributed by atoms with Gasteiger partial charge in [-0.1, -0.05) is 32.8 Å². The lowest BCUT2D eigenvalue weighted by atomic mass is 10.0. The van der Waals surface area contributed by atoms with Gasteiger partial charge in [0.2, 0.25) is 0 Å². The second-order valence-electron chi connectivity index (χ2n) is 4.06. The van der Waals surface area contributed by atoms with Crippen molar-refractivity contribution in [3.05, 3.63) is 28.3 Å². The van der Waals surface area contributed by atoms with Gasteiger partial charge in [0.15, 0.2) is 0 Å². The van der Waals surface area contributed by atoms with Gasteiger partial charge in [-0.05, 0) is 18.1 Å². The van der Waals surface area contributed by atoms with Crippen molar-refractivity contribution >= 4 is 17.1 Å². The smallest absolute Gasteiger partial charge is 0.314 e. The Labute approximate surface area is 101 Å². The lowest BCUT2D eigenvalue weighted by molar-refractivity contribution is -0.383. The molecule has 0 radical (unpaired) electrons. The van der Waals surface area contributed by atoms with Crippen LogP contribution in [0.3, 0.4) is 0 Å². The Hall–Kier alpha value is -1.78. The lowest BCUT2D eigenvalue weighted by Gasteiger charge is -2.14. The van der Waals surface area contributed by atoms with E-state index in [-0.39, 0.29) is 11.4 Å². The highest BCUT2D eigenvalue weighted by atomic mass is 16.6. The van der Waals surface area contributed by atoms with Crippen molar-refractivity contribution in [3.63, 3.8) is 0 Å². The highest BCUT2D eigenvalue weighted by Gasteiger charge is 2.17. The fourth-order valence-corrected chi connectivity index (χ4v) is 1.74. The first-order chi connectivity index (χ1) is 8.10. The average molecular weight is 237 g/mol. The predicted molar refractivity (Wildman–Crippen MR) is 70.1 cm³/mol. The molecular formula is C12H19N3O2. The van der Waals surface area contributed by atoms with Crippen LogP contribution in [0.15, 0.2) is 18.2 Å². The first kappa shape index (κ1) is 13.3. The molecule has 0 saturated carbocycles. The van der Waals surface area contributed by atoms with Gasteiger partial charge in [0, 0.05) is 6.54 Å². The summed E-state index contributed by atoms with van der Waals surface area (Å²) in [5, 5.41) is 14.0. The van der Waals surface area contributed by atoms with Gasteiger partial charge in [-0.25, -0.2) is 0 Å². The molecule has 0 bridgehead atoms. The molecule has 0 heterocycles. The van der Waals surface area contributed by atoms with Crippen LogP contribution in [0.1, 0.15) is 26.7 Å². The van der Waals surface area contributed by atoms with Crippen molar-refractivity contribution in [1.29, 1.82) is 0 Å². The Morgan fingerprint density at radius 3 is 2.59 bits per heavy atom. The summed E-state index contributed by atoms with van der Waals surface area (Å²) in [6, 6.07) is 4.95. The molecule has 0 aromatic heterocycles. The van der Waals surface area contributed by atoms with E-state index < -0.39 is 4.92 Å². The molecule has 0 spiro atoms. The number of nitro benzene ring substituents is 1. The van der Waals surface area contributed by atoms with E-state index in [1.54, 1.807) is 18.2 Å². The van der Waals surface area contributed by atoms with Crippen LogP contribution in [0.2, 0.25) is 0 Å². The van der Waals surface area contributed by atoms with Crippen molar-refractivity contribution < 1.29 is 4.92 Å². The Bertz CT molecular complexity index is 389. The number of hydrogen-bond acceptors (Lipinski definition) is 4. The molecule has 0 aliphatic carbocycles. The highest BCUT2D eigenvalue weighted by Crippen LogP contribution is 2.30. The fraction of sp³-hybridized carbons (Fsp3) is 0.500. The number of rotatable bonds is 6. The van der Waals surface area contributed by atoms with E-state index in [2.05, 4.69) is 19.2 Å². The molecule has 94 valence electrons. The van der Waals surface area contributed by atoms with Crippen LogP contribution in [0.25, 0.3) is 0 Å². The average Bonchev–Trinajstić information content (AvgIpc) is 2.29. The van der Waals surface area contributed by atoms with Gasteiger partial charge < -0.3 is 11.1 Å². The molecule has 0 saturated heterocycles. The zero-order valence-electron chi connectivity index (χ0n) is 10.3. The molecule has 3 N–H and O–H groups in total. The van der Waals surface area contributed by atoms with Gasteiger partial charge in [0.05, 0.1) is 4.92 Å². The van der Waals surface area contributed by atoms with E-state index >= 15 is 0 Å². The number of nitrogens with two attached hydrogens (primary N) is 1. The molecule has 0 fully saturated rings. The molecule has 0 unspecified atom stereocenters. The van der Waals surface area contributed by atoms with Gasteiger partial charge in [0.25, 0.3) is 0 Å². The summed E-state index contributed by atoms with van der Waals surface area (Å²) in [6.45, 7) is 4.96. The maximum Gasteiger partial charge on any atom is 0.314 e. The summed E-state index contributed by atoms with van der Waals surface area (Å²) in [5.74, 6) is 0.524. The molecule has 17 heavy (non-hydrogen) atoms. The predicted octanol–water partition coefficient (Wildman–Crippen LogP) is 3.03. The number of anilines is 2. The molecule has 0 aliphatic rings. The first-order valence-corrected chi connectivity index (χ1v) is 5.86. The van der Waals surface area contributed by atoms with Crippen molar-refractivity contribution in [3.8, 4) is 0 Å².